The largest absolute Gasteiger partial charge is 0.495 e. The number of hydrogen-bond donors (Lipinski definition) is 2. The van der Waals surface area contributed by atoms with E-state index in [9.17, 15) is 0 Å². The van der Waals surface area contributed by atoms with Gasteiger partial charge in [-0.05, 0) is 49.2 Å². The number of piperidine rings is 1. The Morgan fingerprint density at radius 2 is 1.98 bits per heavy atom. The highest BCUT2D eigenvalue weighted by Crippen LogP contribution is 2.38. The molecule has 0 spiro atoms. The number of hydrogen-bond acceptors (Lipinski definition) is 9. The molecule has 0 bridgehead atoms. The SMILES string of the molecule is C=CCN1CCC(Nc2cc3c(Nc4cc(-c5ccco5)ccc4OC)ncnc3cc2OC2CCOC2)CC1. The van der Waals surface area contributed by atoms with Gasteiger partial charge >= 0.3 is 0 Å². The Balaban J connectivity index is 1.33. The number of nitrogens with zero attached hydrogens (tertiary/aromatic N) is 3. The first-order valence-corrected chi connectivity index (χ1v) is 13.8. The summed E-state index contributed by atoms with van der Waals surface area (Å²) >= 11 is 0. The predicted molar refractivity (Wildman–Crippen MR) is 157 cm³/mol. The molecule has 1 unspecified atom stereocenters. The minimum atomic E-state index is 0.0282. The van der Waals surface area contributed by atoms with Crippen molar-refractivity contribution >= 4 is 28.1 Å². The van der Waals surface area contributed by atoms with Crippen LogP contribution in [0.4, 0.5) is 17.2 Å². The van der Waals surface area contributed by atoms with Gasteiger partial charge in [0.25, 0.3) is 0 Å². The van der Waals surface area contributed by atoms with Crippen molar-refractivity contribution in [3.05, 3.63) is 67.7 Å². The van der Waals surface area contributed by atoms with E-state index < -0.39 is 0 Å². The third kappa shape index (κ3) is 5.76. The molecule has 6 rings (SSSR count). The van der Waals surface area contributed by atoms with Gasteiger partial charge in [0.15, 0.2) is 0 Å². The average Bonchev–Trinajstić information content (AvgIpc) is 3.70. The van der Waals surface area contributed by atoms with Crippen LogP contribution in [0.3, 0.4) is 0 Å². The zero-order chi connectivity index (χ0) is 27.3. The lowest BCUT2D eigenvalue weighted by atomic mass is 10.0. The molecule has 4 heterocycles. The van der Waals surface area contributed by atoms with Gasteiger partial charge in [0, 0.05) is 49.1 Å². The van der Waals surface area contributed by atoms with Crippen molar-refractivity contribution in [3.8, 4) is 22.8 Å². The van der Waals surface area contributed by atoms with Gasteiger partial charge in [-0.2, -0.15) is 0 Å². The summed E-state index contributed by atoms with van der Waals surface area (Å²) in [7, 11) is 1.66. The lowest BCUT2D eigenvalue weighted by molar-refractivity contribution is 0.142. The Morgan fingerprint density at radius 1 is 1.07 bits per heavy atom. The van der Waals surface area contributed by atoms with Crippen LogP contribution in [0.5, 0.6) is 11.5 Å². The first-order valence-electron chi connectivity index (χ1n) is 13.8. The monoisotopic (exact) mass is 541 g/mol. The van der Waals surface area contributed by atoms with Gasteiger partial charge in [0.05, 0.1) is 43.5 Å². The Bertz CT molecular complexity index is 1440. The van der Waals surface area contributed by atoms with Crippen LogP contribution in [0.2, 0.25) is 0 Å². The van der Waals surface area contributed by atoms with Crippen molar-refractivity contribution in [2.45, 2.75) is 31.4 Å². The summed E-state index contributed by atoms with van der Waals surface area (Å²) in [6.45, 7) is 8.19. The van der Waals surface area contributed by atoms with E-state index >= 15 is 0 Å². The van der Waals surface area contributed by atoms with Crippen LogP contribution >= 0.6 is 0 Å². The number of likely N-dealkylation sites (tertiary alicyclic amines) is 1. The summed E-state index contributed by atoms with van der Waals surface area (Å²) in [6.07, 6.45) is 8.20. The van der Waals surface area contributed by atoms with Crippen molar-refractivity contribution in [2.24, 2.45) is 0 Å². The highest BCUT2D eigenvalue weighted by molar-refractivity contribution is 5.95. The van der Waals surface area contributed by atoms with Gasteiger partial charge in [-0.25, -0.2) is 9.97 Å². The second-order valence-corrected chi connectivity index (χ2v) is 10.2. The van der Waals surface area contributed by atoms with E-state index in [-0.39, 0.29) is 6.10 Å². The molecule has 9 heteroatoms. The Kier molecular flexibility index (Phi) is 7.83. The van der Waals surface area contributed by atoms with Crippen molar-refractivity contribution < 1.29 is 18.6 Å². The van der Waals surface area contributed by atoms with Gasteiger partial charge < -0.3 is 29.3 Å². The number of fused-ring (bicyclic) bond motifs is 1. The fourth-order valence-electron chi connectivity index (χ4n) is 5.37. The standard InChI is InChI=1S/C31H35N5O4/c1-3-11-36-12-8-22(9-13-36)34-27-17-24-25(18-30(27)40-23-10-15-38-19-23)32-20-33-31(24)35-26-16-21(6-7-29(26)37-2)28-5-4-14-39-28/h3-7,14,16-18,20,22-23,34H,1,8-13,15,19H2,2H3,(H,32,33,35). The van der Waals surface area contributed by atoms with E-state index in [1.807, 2.05) is 42.5 Å². The quantitative estimate of drug-likeness (QED) is 0.239. The number of benzene rings is 2. The van der Waals surface area contributed by atoms with Crippen LogP contribution in [0.15, 0.2) is 72.1 Å². The van der Waals surface area contributed by atoms with E-state index in [1.165, 1.54) is 0 Å². The molecule has 4 aromatic rings. The Hall–Kier alpha value is -4.08. The first-order chi connectivity index (χ1) is 19.7. The van der Waals surface area contributed by atoms with E-state index in [4.69, 9.17) is 18.6 Å². The van der Waals surface area contributed by atoms with Crippen LogP contribution in [-0.4, -0.2) is 67.0 Å². The molecule has 0 amide bonds. The average molecular weight is 542 g/mol. The second-order valence-electron chi connectivity index (χ2n) is 10.2. The molecule has 9 nitrogen and oxygen atoms in total. The molecule has 2 aliphatic heterocycles. The number of anilines is 3. The van der Waals surface area contributed by atoms with Crippen molar-refractivity contribution in [1.29, 1.82) is 0 Å². The van der Waals surface area contributed by atoms with Gasteiger partial charge in [0.1, 0.15) is 35.5 Å². The zero-order valence-electron chi connectivity index (χ0n) is 22.8. The molecule has 2 aromatic carbocycles. The first kappa shape index (κ1) is 26.2. The summed E-state index contributed by atoms with van der Waals surface area (Å²) in [4.78, 5) is 11.6. The van der Waals surface area contributed by atoms with Crippen molar-refractivity contribution in [2.75, 3.05) is 50.6 Å². The van der Waals surface area contributed by atoms with Crippen LogP contribution in [0.25, 0.3) is 22.2 Å². The van der Waals surface area contributed by atoms with Gasteiger partial charge in [-0.1, -0.05) is 6.08 Å². The third-order valence-corrected chi connectivity index (χ3v) is 7.51. The number of nitrogens with one attached hydrogen (secondary N) is 2. The van der Waals surface area contributed by atoms with Crippen molar-refractivity contribution in [3.63, 3.8) is 0 Å². The number of methoxy groups -OCH3 is 1. The maximum atomic E-state index is 6.45. The molecular formula is C31H35N5O4. The lowest BCUT2D eigenvalue weighted by Crippen LogP contribution is -2.39. The maximum absolute atomic E-state index is 6.45. The van der Waals surface area contributed by atoms with E-state index in [1.54, 1.807) is 19.7 Å². The third-order valence-electron chi connectivity index (χ3n) is 7.51. The molecular weight excluding hydrogens is 506 g/mol. The molecule has 1 atom stereocenters. The van der Waals surface area contributed by atoms with E-state index in [0.29, 0.717) is 24.2 Å². The number of rotatable bonds is 10. The zero-order valence-corrected chi connectivity index (χ0v) is 22.8. The molecule has 208 valence electrons. The number of ether oxygens (including phenoxy) is 3. The fraction of sp³-hybridized carbons (Fsp3) is 0.355. The summed E-state index contributed by atoms with van der Waals surface area (Å²) < 4.78 is 23.3. The summed E-state index contributed by atoms with van der Waals surface area (Å²) in [5, 5.41) is 8.15. The van der Waals surface area contributed by atoms with E-state index in [2.05, 4.69) is 38.1 Å². The molecule has 2 aromatic heterocycles. The smallest absolute Gasteiger partial charge is 0.145 e. The molecule has 0 aliphatic carbocycles. The van der Waals surface area contributed by atoms with E-state index in [0.717, 1.165) is 84.9 Å². The van der Waals surface area contributed by atoms with Crippen LogP contribution < -0.4 is 20.1 Å². The molecule has 0 radical (unpaired) electrons. The lowest BCUT2D eigenvalue weighted by Gasteiger charge is -2.32. The minimum absolute atomic E-state index is 0.0282. The molecule has 2 saturated heterocycles. The van der Waals surface area contributed by atoms with Crippen molar-refractivity contribution in [1.82, 2.24) is 14.9 Å². The Morgan fingerprint density at radius 3 is 2.73 bits per heavy atom. The summed E-state index contributed by atoms with van der Waals surface area (Å²) in [5.41, 5.74) is 3.45. The number of furan rings is 1. The molecule has 2 fully saturated rings. The van der Waals surface area contributed by atoms with Gasteiger partial charge in [-0.15, -0.1) is 6.58 Å². The number of aromatic nitrogens is 2. The Labute approximate surface area is 234 Å². The topological polar surface area (TPSA) is 93.9 Å². The molecule has 40 heavy (non-hydrogen) atoms. The second kappa shape index (κ2) is 12.0. The molecule has 2 N–H and O–H groups in total. The van der Waals surface area contributed by atoms with Gasteiger partial charge in [0.2, 0.25) is 0 Å². The summed E-state index contributed by atoms with van der Waals surface area (Å²) in [5.74, 6) is 2.95. The molecule has 2 aliphatic rings. The fourth-order valence-corrected chi connectivity index (χ4v) is 5.37. The van der Waals surface area contributed by atoms with Gasteiger partial charge in [-0.3, -0.25) is 4.90 Å². The molecule has 0 saturated carbocycles. The summed E-state index contributed by atoms with van der Waals surface area (Å²) in [6, 6.07) is 14.1. The highest BCUT2D eigenvalue weighted by Gasteiger charge is 2.23. The van der Waals surface area contributed by atoms with Crippen LogP contribution in [0, 0.1) is 0 Å². The minimum Gasteiger partial charge on any atom is -0.495 e. The highest BCUT2D eigenvalue weighted by atomic mass is 16.5. The van der Waals surface area contributed by atoms with Crippen LogP contribution in [-0.2, 0) is 4.74 Å². The van der Waals surface area contributed by atoms with Crippen LogP contribution in [0.1, 0.15) is 19.3 Å². The maximum Gasteiger partial charge on any atom is 0.145 e. The predicted octanol–water partition coefficient (Wildman–Crippen LogP) is 5.87. The normalized spacial score (nSPS) is 18.1.